The molecule has 0 unspecified atom stereocenters. The van der Waals surface area contributed by atoms with Gasteiger partial charge in [0, 0.05) is 31.7 Å². The highest BCUT2D eigenvalue weighted by atomic mass is 16.5. The number of aryl methyl sites for hydroxylation is 2. The van der Waals surface area contributed by atoms with E-state index in [1.54, 1.807) is 0 Å². The van der Waals surface area contributed by atoms with Crippen molar-refractivity contribution in [3.63, 3.8) is 0 Å². The van der Waals surface area contributed by atoms with Crippen LogP contribution in [0.4, 0.5) is 5.95 Å². The topological polar surface area (TPSA) is 71.4 Å². The fraction of sp³-hybridized carbons (Fsp3) is 0.389. The lowest BCUT2D eigenvalue weighted by Crippen LogP contribution is -2.46. The molecule has 7 nitrogen and oxygen atoms in total. The van der Waals surface area contributed by atoms with Gasteiger partial charge in [0.25, 0.3) is 11.8 Å². The number of anilines is 1. The Bertz CT molecular complexity index is 815. The van der Waals surface area contributed by atoms with Gasteiger partial charge >= 0.3 is 0 Å². The molecule has 1 aliphatic heterocycles. The van der Waals surface area contributed by atoms with Crippen LogP contribution in [0.3, 0.4) is 0 Å². The second-order valence-electron chi connectivity index (χ2n) is 6.28. The first-order valence-corrected chi connectivity index (χ1v) is 8.48. The first-order valence-electron chi connectivity index (χ1n) is 8.48. The van der Waals surface area contributed by atoms with Gasteiger partial charge in [0.05, 0.1) is 12.2 Å². The molecule has 1 saturated heterocycles. The van der Waals surface area contributed by atoms with Gasteiger partial charge in [0.15, 0.2) is 0 Å². The predicted octanol–water partition coefficient (Wildman–Crippen LogP) is 2.66. The van der Waals surface area contributed by atoms with Crippen molar-refractivity contribution in [3.8, 4) is 11.5 Å². The van der Waals surface area contributed by atoms with E-state index in [0.717, 1.165) is 55.6 Å². The van der Waals surface area contributed by atoms with Crippen LogP contribution in [-0.4, -0.2) is 46.2 Å². The number of piperazine rings is 1. The molecular formula is C18H21N5O2. The molecule has 0 bridgehead atoms. The fourth-order valence-electron chi connectivity index (χ4n) is 2.95. The number of nitrogens with zero attached hydrogens (tertiary/aromatic N) is 5. The molecule has 0 saturated carbocycles. The average Bonchev–Trinajstić information content (AvgIpc) is 3.24. The van der Waals surface area contributed by atoms with Crippen molar-refractivity contribution in [2.75, 3.05) is 31.1 Å². The van der Waals surface area contributed by atoms with E-state index in [0.29, 0.717) is 11.8 Å². The molecule has 0 atom stereocenters. The molecule has 0 N–H and O–H groups in total. The molecular weight excluding hydrogens is 318 g/mol. The molecule has 0 aliphatic carbocycles. The Kier molecular flexibility index (Phi) is 4.23. The van der Waals surface area contributed by atoms with Gasteiger partial charge in [-0.15, -0.1) is 0 Å². The van der Waals surface area contributed by atoms with Gasteiger partial charge in [-0.1, -0.05) is 18.2 Å². The molecule has 0 spiro atoms. The summed E-state index contributed by atoms with van der Waals surface area (Å²) in [6, 6.07) is 9.83. The lowest BCUT2D eigenvalue weighted by Gasteiger charge is -2.32. The lowest BCUT2D eigenvalue weighted by atomic mass is 10.2. The number of rotatable bonds is 4. The van der Waals surface area contributed by atoms with E-state index in [2.05, 4.69) is 24.9 Å². The standard InChI is InChI=1S/C18H21N5O2/c1-13-14(2)24-16(19-13)12-22-8-10-23(11-9-22)18-20-17(25-21-18)15-6-4-3-5-7-15/h3-7H,8-12H2,1-2H3. The summed E-state index contributed by atoms with van der Waals surface area (Å²) in [7, 11) is 0. The zero-order valence-corrected chi connectivity index (χ0v) is 14.5. The molecule has 0 amide bonds. The zero-order valence-electron chi connectivity index (χ0n) is 14.5. The van der Waals surface area contributed by atoms with Crippen LogP contribution in [0.5, 0.6) is 0 Å². The van der Waals surface area contributed by atoms with Gasteiger partial charge in [-0.2, -0.15) is 4.98 Å². The Hall–Kier alpha value is -2.67. The SMILES string of the molecule is Cc1nc(CN2CCN(c3noc(-c4ccccc4)n3)CC2)oc1C. The molecule has 25 heavy (non-hydrogen) atoms. The molecule has 1 fully saturated rings. The highest BCUT2D eigenvalue weighted by molar-refractivity contribution is 5.54. The second-order valence-corrected chi connectivity index (χ2v) is 6.28. The summed E-state index contributed by atoms with van der Waals surface area (Å²) < 4.78 is 11.1. The molecule has 7 heteroatoms. The fourth-order valence-corrected chi connectivity index (χ4v) is 2.95. The average molecular weight is 339 g/mol. The van der Waals surface area contributed by atoms with Gasteiger partial charge in [0.2, 0.25) is 5.89 Å². The normalized spacial score (nSPS) is 15.7. The second kappa shape index (κ2) is 6.68. The van der Waals surface area contributed by atoms with E-state index in [9.17, 15) is 0 Å². The van der Waals surface area contributed by atoms with Crippen LogP contribution in [0.2, 0.25) is 0 Å². The van der Waals surface area contributed by atoms with Crippen LogP contribution in [0.15, 0.2) is 39.3 Å². The Balaban J connectivity index is 1.36. The van der Waals surface area contributed by atoms with Crippen LogP contribution in [0, 0.1) is 13.8 Å². The lowest BCUT2D eigenvalue weighted by molar-refractivity contribution is 0.223. The van der Waals surface area contributed by atoms with Gasteiger partial charge in [-0.25, -0.2) is 4.98 Å². The summed E-state index contributed by atoms with van der Waals surface area (Å²) in [6.45, 7) is 8.19. The molecule has 2 aromatic heterocycles. The van der Waals surface area contributed by atoms with Crippen LogP contribution >= 0.6 is 0 Å². The summed E-state index contributed by atoms with van der Waals surface area (Å²) >= 11 is 0. The number of hydrogen-bond acceptors (Lipinski definition) is 7. The summed E-state index contributed by atoms with van der Waals surface area (Å²) in [5.41, 5.74) is 1.91. The zero-order chi connectivity index (χ0) is 17.2. The van der Waals surface area contributed by atoms with Crippen molar-refractivity contribution >= 4 is 5.95 Å². The molecule has 3 heterocycles. The highest BCUT2D eigenvalue weighted by Gasteiger charge is 2.22. The molecule has 3 aromatic rings. The van der Waals surface area contributed by atoms with Gasteiger partial charge < -0.3 is 13.8 Å². The maximum Gasteiger partial charge on any atom is 0.266 e. The third-order valence-corrected chi connectivity index (χ3v) is 4.52. The van der Waals surface area contributed by atoms with Gasteiger partial charge in [-0.3, -0.25) is 4.90 Å². The Morgan fingerprint density at radius 1 is 1.00 bits per heavy atom. The monoisotopic (exact) mass is 339 g/mol. The minimum absolute atomic E-state index is 0.559. The number of hydrogen-bond donors (Lipinski definition) is 0. The van der Waals surface area contributed by atoms with E-state index in [-0.39, 0.29) is 0 Å². The first kappa shape index (κ1) is 15.8. The Labute approximate surface area is 146 Å². The number of aromatic nitrogens is 3. The number of oxazole rings is 1. The van der Waals surface area contributed by atoms with E-state index in [1.165, 1.54) is 0 Å². The Morgan fingerprint density at radius 3 is 2.44 bits per heavy atom. The predicted molar refractivity (Wildman–Crippen MR) is 93.2 cm³/mol. The van der Waals surface area contributed by atoms with Crippen molar-refractivity contribution in [1.29, 1.82) is 0 Å². The molecule has 4 rings (SSSR count). The number of benzene rings is 1. The van der Waals surface area contributed by atoms with Crippen LogP contribution in [-0.2, 0) is 6.54 Å². The van der Waals surface area contributed by atoms with Crippen LogP contribution in [0.1, 0.15) is 17.3 Å². The molecule has 130 valence electrons. The largest absolute Gasteiger partial charge is 0.444 e. The minimum atomic E-state index is 0.559. The first-order chi connectivity index (χ1) is 12.2. The van der Waals surface area contributed by atoms with Crippen molar-refractivity contribution in [2.45, 2.75) is 20.4 Å². The summed E-state index contributed by atoms with van der Waals surface area (Å²) in [6.07, 6.45) is 0. The van der Waals surface area contributed by atoms with Crippen molar-refractivity contribution in [2.24, 2.45) is 0 Å². The molecule has 0 radical (unpaired) electrons. The van der Waals surface area contributed by atoms with E-state index in [1.807, 2.05) is 44.2 Å². The van der Waals surface area contributed by atoms with Crippen LogP contribution in [0.25, 0.3) is 11.5 Å². The third kappa shape index (κ3) is 3.41. The van der Waals surface area contributed by atoms with Crippen molar-refractivity contribution in [3.05, 3.63) is 47.7 Å². The van der Waals surface area contributed by atoms with E-state index < -0.39 is 0 Å². The van der Waals surface area contributed by atoms with Crippen molar-refractivity contribution < 1.29 is 8.94 Å². The van der Waals surface area contributed by atoms with Gasteiger partial charge in [0.1, 0.15) is 5.76 Å². The summed E-state index contributed by atoms with van der Waals surface area (Å²) in [5.74, 6) is 2.90. The summed E-state index contributed by atoms with van der Waals surface area (Å²) in [4.78, 5) is 13.5. The highest BCUT2D eigenvalue weighted by Crippen LogP contribution is 2.21. The van der Waals surface area contributed by atoms with E-state index >= 15 is 0 Å². The Morgan fingerprint density at radius 2 is 1.76 bits per heavy atom. The van der Waals surface area contributed by atoms with Gasteiger partial charge in [-0.05, 0) is 31.1 Å². The quantitative estimate of drug-likeness (QED) is 0.723. The molecule has 1 aromatic carbocycles. The van der Waals surface area contributed by atoms with E-state index in [4.69, 9.17) is 8.94 Å². The maximum atomic E-state index is 5.67. The third-order valence-electron chi connectivity index (χ3n) is 4.52. The van der Waals surface area contributed by atoms with Crippen molar-refractivity contribution in [1.82, 2.24) is 20.0 Å². The minimum Gasteiger partial charge on any atom is -0.444 e. The smallest absolute Gasteiger partial charge is 0.266 e. The maximum absolute atomic E-state index is 5.67. The summed E-state index contributed by atoms with van der Waals surface area (Å²) in [5, 5.41) is 4.13. The van der Waals surface area contributed by atoms with Crippen LogP contribution < -0.4 is 4.90 Å². The molecule has 1 aliphatic rings.